The van der Waals surface area contributed by atoms with E-state index in [0.717, 1.165) is 15.6 Å². The molecule has 1 unspecified atom stereocenters. The molecule has 0 spiro atoms. The van der Waals surface area contributed by atoms with Gasteiger partial charge in [0.2, 0.25) is 0 Å². The molecule has 0 aliphatic carbocycles. The average molecular weight is 258 g/mol. The maximum atomic E-state index is 8.84. The van der Waals surface area contributed by atoms with Crippen molar-refractivity contribution in [3.05, 3.63) is 33.3 Å². The van der Waals surface area contributed by atoms with E-state index in [9.17, 15) is 0 Å². The molecule has 3 N–H and O–H groups in total. The molecular formula is C11H16BrNO. The fraction of sp³-hybridized carbons (Fsp3) is 0.455. The highest BCUT2D eigenvalue weighted by molar-refractivity contribution is 9.10. The van der Waals surface area contributed by atoms with E-state index in [2.05, 4.69) is 28.1 Å². The lowest BCUT2D eigenvalue weighted by Crippen LogP contribution is -2.13. The fourth-order valence-corrected chi connectivity index (χ4v) is 2.11. The van der Waals surface area contributed by atoms with Gasteiger partial charge in [-0.05, 0) is 43.0 Å². The van der Waals surface area contributed by atoms with Crippen LogP contribution in [-0.4, -0.2) is 11.7 Å². The first kappa shape index (κ1) is 11.7. The summed E-state index contributed by atoms with van der Waals surface area (Å²) in [5.74, 6) is 0. The van der Waals surface area contributed by atoms with Crippen LogP contribution in [0.15, 0.2) is 16.6 Å². The van der Waals surface area contributed by atoms with E-state index >= 15 is 0 Å². The zero-order chi connectivity index (χ0) is 10.7. The molecule has 0 amide bonds. The summed E-state index contributed by atoms with van der Waals surface area (Å²) in [5.41, 5.74) is 9.43. The highest BCUT2D eigenvalue weighted by atomic mass is 79.9. The number of rotatable bonds is 3. The van der Waals surface area contributed by atoms with Crippen molar-refractivity contribution in [3.8, 4) is 0 Å². The van der Waals surface area contributed by atoms with Gasteiger partial charge in [-0.3, -0.25) is 0 Å². The van der Waals surface area contributed by atoms with Crippen LogP contribution >= 0.6 is 15.9 Å². The largest absolute Gasteiger partial charge is 0.396 e. The molecule has 1 aromatic rings. The van der Waals surface area contributed by atoms with Crippen molar-refractivity contribution < 1.29 is 5.11 Å². The molecule has 1 aromatic carbocycles. The van der Waals surface area contributed by atoms with Crippen LogP contribution in [0.3, 0.4) is 0 Å². The number of halogens is 1. The van der Waals surface area contributed by atoms with Crippen LogP contribution in [0.1, 0.15) is 29.2 Å². The third kappa shape index (κ3) is 2.56. The summed E-state index contributed by atoms with van der Waals surface area (Å²) in [5, 5.41) is 8.84. The molecule has 1 rings (SSSR count). The number of benzene rings is 1. The van der Waals surface area contributed by atoms with Crippen molar-refractivity contribution in [1.29, 1.82) is 0 Å². The van der Waals surface area contributed by atoms with Crippen LogP contribution in [0.5, 0.6) is 0 Å². The van der Waals surface area contributed by atoms with Crippen LogP contribution in [0, 0.1) is 13.8 Å². The van der Waals surface area contributed by atoms with Crippen LogP contribution in [0.2, 0.25) is 0 Å². The van der Waals surface area contributed by atoms with Crippen molar-refractivity contribution in [3.63, 3.8) is 0 Å². The summed E-state index contributed by atoms with van der Waals surface area (Å²) in [4.78, 5) is 0. The standard InChI is InChI=1S/C11H16BrNO/c1-7-5-9(11(13)3-4-14)8(2)10(12)6-7/h5-6,11,14H,3-4,13H2,1-2H3. The lowest BCUT2D eigenvalue weighted by atomic mass is 9.98. The highest BCUT2D eigenvalue weighted by Crippen LogP contribution is 2.26. The maximum Gasteiger partial charge on any atom is 0.0449 e. The van der Waals surface area contributed by atoms with Crippen molar-refractivity contribution >= 4 is 15.9 Å². The molecule has 1 atom stereocenters. The van der Waals surface area contributed by atoms with Gasteiger partial charge in [-0.1, -0.05) is 22.0 Å². The van der Waals surface area contributed by atoms with E-state index in [1.807, 2.05) is 13.8 Å². The van der Waals surface area contributed by atoms with Gasteiger partial charge in [0.25, 0.3) is 0 Å². The normalized spacial score (nSPS) is 12.9. The Bertz CT molecular complexity index is 325. The first-order valence-electron chi connectivity index (χ1n) is 4.69. The van der Waals surface area contributed by atoms with E-state index in [-0.39, 0.29) is 12.6 Å². The molecule has 2 nitrogen and oxygen atoms in total. The quantitative estimate of drug-likeness (QED) is 0.874. The minimum atomic E-state index is -0.0730. The Kier molecular flexibility index (Phi) is 4.11. The second-order valence-electron chi connectivity index (χ2n) is 3.58. The van der Waals surface area contributed by atoms with Crippen molar-refractivity contribution in [2.45, 2.75) is 26.3 Å². The lowest BCUT2D eigenvalue weighted by Gasteiger charge is -2.15. The van der Waals surface area contributed by atoms with Gasteiger partial charge in [0.1, 0.15) is 0 Å². The van der Waals surface area contributed by atoms with Crippen molar-refractivity contribution in [1.82, 2.24) is 0 Å². The summed E-state index contributed by atoms with van der Waals surface area (Å²) in [6.07, 6.45) is 0.608. The SMILES string of the molecule is Cc1cc(Br)c(C)c(C(N)CCO)c1. The average Bonchev–Trinajstić information content (AvgIpc) is 2.11. The second-order valence-corrected chi connectivity index (χ2v) is 4.43. The highest BCUT2D eigenvalue weighted by Gasteiger charge is 2.10. The number of hydrogen-bond acceptors (Lipinski definition) is 2. The minimum Gasteiger partial charge on any atom is -0.396 e. The Morgan fingerprint density at radius 1 is 1.43 bits per heavy atom. The summed E-state index contributed by atoms with van der Waals surface area (Å²) in [6.45, 7) is 4.21. The van der Waals surface area contributed by atoms with Gasteiger partial charge in [-0.15, -0.1) is 0 Å². The molecule has 0 fully saturated rings. The van der Waals surface area contributed by atoms with Gasteiger partial charge in [0, 0.05) is 17.1 Å². The zero-order valence-corrected chi connectivity index (χ0v) is 10.1. The van der Waals surface area contributed by atoms with E-state index in [1.165, 1.54) is 5.56 Å². The molecule has 0 radical (unpaired) electrons. The minimum absolute atomic E-state index is 0.0730. The Balaban J connectivity index is 3.07. The summed E-state index contributed by atoms with van der Waals surface area (Å²) in [6, 6.07) is 4.08. The second kappa shape index (κ2) is 4.91. The van der Waals surface area contributed by atoms with Crippen LogP contribution in [0.25, 0.3) is 0 Å². The molecule has 0 saturated heterocycles. The molecule has 0 aliphatic rings. The van der Waals surface area contributed by atoms with E-state index in [1.54, 1.807) is 0 Å². The van der Waals surface area contributed by atoms with Crippen molar-refractivity contribution in [2.24, 2.45) is 5.73 Å². The summed E-state index contributed by atoms with van der Waals surface area (Å²) >= 11 is 3.50. The molecule has 78 valence electrons. The number of aliphatic hydroxyl groups excluding tert-OH is 1. The van der Waals surface area contributed by atoms with Gasteiger partial charge in [-0.2, -0.15) is 0 Å². The molecule has 14 heavy (non-hydrogen) atoms. The molecule has 0 heterocycles. The van der Waals surface area contributed by atoms with Crippen molar-refractivity contribution in [2.75, 3.05) is 6.61 Å². The lowest BCUT2D eigenvalue weighted by molar-refractivity contribution is 0.276. The van der Waals surface area contributed by atoms with Crippen LogP contribution in [0.4, 0.5) is 0 Å². The first-order valence-corrected chi connectivity index (χ1v) is 5.48. The predicted octanol–water partition coefficient (Wildman–Crippen LogP) is 2.45. The number of hydrogen-bond donors (Lipinski definition) is 2. The monoisotopic (exact) mass is 257 g/mol. The van der Waals surface area contributed by atoms with Gasteiger partial charge < -0.3 is 10.8 Å². The molecule has 0 bridgehead atoms. The predicted molar refractivity (Wildman–Crippen MR) is 62.2 cm³/mol. The fourth-order valence-electron chi connectivity index (χ4n) is 1.52. The topological polar surface area (TPSA) is 46.2 Å². The number of nitrogens with two attached hydrogens (primary N) is 1. The zero-order valence-electron chi connectivity index (χ0n) is 8.55. The maximum absolute atomic E-state index is 8.84. The van der Waals surface area contributed by atoms with E-state index in [0.29, 0.717) is 6.42 Å². The van der Waals surface area contributed by atoms with Crippen LogP contribution in [-0.2, 0) is 0 Å². The first-order chi connectivity index (χ1) is 6.56. The smallest absolute Gasteiger partial charge is 0.0449 e. The molecule has 0 aliphatic heterocycles. The van der Waals surface area contributed by atoms with Gasteiger partial charge >= 0.3 is 0 Å². The molecule has 0 saturated carbocycles. The van der Waals surface area contributed by atoms with E-state index in [4.69, 9.17) is 10.8 Å². The summed E-state index contributed by atoms with van der Waals surface area (Å²) < 4.78 is 1.08. The Morgan fingerprint density at radius 3 is 2.64 bits per heavy atom. The third-order valence-corrected chi connectivity index (χ3v) is 3.19. The Morgan fingerprint density at radius 2 is 2.07 bits per heavy atom. The van der Waals surface area contributed by atoms with Gasteiger partial charge in [0.05, 0.1) is 0 Å². The Hall–Kier alpha value is -0.380. The Labute approximate surface area is 93.3 Å². The molecule has 3 heteroatoms. The van der Waals surface area contributed by atoms with E-state index < -0.39 is 0 Å². The molecular weight excluding hydrogens is 242 g/mol. The number of aryl methyl sites for hydroxylation is 1. The third-order valence-electron chi connectivity index (χ3n) is 2.37. The van der Waals surface area contributed by atoms with Gasteiger partial charge in [-0.25, -0.2) is 0 Å². The van der Waals surface area contributed by atoms with Crippen LogP contribution < -0.4 is 5.73 Å². The molecule has 0 aromatic heterocycles. The summed E-state index contributed by atoms with van der Waals surface area (Å²) in [7, 11) is 0. The number of aliphatic hydroxyl groups is 1. The van der Waals surface area contributed by atoms with Gasteiger partial charge in [0.15, 0.2) is 0 Å².